The highest BCUT2D eigenvalue weighted by atomic mass is 32.2. The number of hydrogen-bond acceptors (Lipinski definition) is 5. The molecule has 1 heterocycles. The first-order valence-corrected chi connectivity index (χ1v) is 10.8. The molecule has 2 aromatic rings. The van der Waals surface area contributed by atoms with E-state index in [2.05, 4.69) is 12.1 Å². The van der Waals surface area contributed by atoms with Gasteiger partial charge in [-0.15, -0.1) is 0 Å². The zero-order valence-corrected chi connectivity index (χ0v) is 16.0. The summed E-state index contributed by atoms with van der Waals surface area (Å²) in [6, 6.07) is 14.1. The van der Waals surface area contributed by atoms with Gasteiger partial charge in [0.05, 0.1) is 9.82 Å². The van der Waals surface area contributed by atoms with Crippen LogP contribution < -0.4 is 0 Å². The summed E-state index contributed by atoms with van der Waals surface area (Å²) in [6.07, 6.45) is 0.710. The molecule has 1 aliphatic heterocycles. The number of sulfonamides is 1. The topological polar surface area (TPSA) is 80.5 Å². The number of nitrogens with zero attached hydrogens (tertiary/aromatic N) is 2. The van der Waals surface area contributed by atoms with E-state index >= 15 is 0 Å². The number of rotatable bonds is 4. The number of nitro groups is 1. The van der Waals surface area contributed by atoms with Crippen LogP contribution in [-0.2, 0) is 10.0 Å². The molecule has 0 saturated carbocycles. The summed E-state index contributed by atoms with van der Waals surface area (Å²) in [5.41, 5.74) is 1.51. The molecule has 1 fully saturated rings. The fourth-order valence-electron chi connectivity index (χ4n) is 3.04. The maximum Gasteiger partial charge on any atom is 0.270 e. The van der Waals surface area contributed by atoms with E-state index in [0.29, 0.717) is 30.8 Å². The van der Waals surface area contributed by atoms with Crippen LogP contribution in [0.1, 0.15) is 22.8 Å². The third-order valence-corrected chi connectivity index (χ3v) is 7.84. The molecule has 26 heavy (non-hydrogen) atoms. The number of nitro benzene ring substituents is 1. The molecule has 1 atom stereocenters. The van der Waals surface area contributed by atoms with Crippen molar-refractivity contribution in [2.24, 2.45) is 0 Å². The van der Waals surface area contributed by atoms with E-state index in [9.17, 15) is 18.5 Å². The lowest BCUT2D eigenvalue weighted by Crippen LogP contribution is -2.33. The average Bonchev–Trinajstić information content (AvgIpc) is 2.89. The normalized spacial score (nSPS) is 19.0. The molecule has 3 rings (SSSR count). The Morgan fingerprint density at radius 2 is 1.88 bits per heavy atom. The zero-order chi connectivity index (χ0) is 18.7. The van der Waals surface area contributed by atoms with Gasteiger partial charge in [-0.2, -0.15) is 16.1 Å². The minimum atomic E-state index is -3.76. The third kappa shape index (κ3) is 3.92. The standard InChI is InChI=1S/C18H20N2O4S2/c1-14-7-8-16(20(21)22)13-18(14)26(23,24)19-10-9-17(25-12-11-19)15-5-3-2-4-6-15/h2-8,13,17H,9-12H2,1H3. The largest absolute Gasteiger partial charge is 0.270 e. The van der Waals surface area contributed by atoms with Gasteiger partial charge in [-0.1, -0.05) is 36.4 Å². The summed E-state index contributed by atoms with van der Waals surface area (Å²) in [4.78, 5) is 10.5. The Kier molecular flexibility index (Phi) is 5.64. The molecule has 1 aliphatic rings. The summed E-state index contributed by atoms with van der Waals surface area (Å²) < 4.78 is 27.6. The number of hydrogen-bond donors (Lipinski definition) is 0. The molecular formula is C18H20N2O4S2. The first kappa shape index (κ1) is 18.9. The van der Waals surface area contributed by atoms with Crippen LogP contribution >= 0.6 is 11.8 Å². The number of thioether (sulfide) groups is 1. The quantitative estimate of drug-likeness (QED) is 0.584. The maximum atomic E-state index is 13.1. The van der Waals surface area contributed by atoms with Crippen LogP contribution in [0.5, 0.6) is 0 Å². The van der Waals surface area contributed by atoms with E-state index in [1.807, 2.05) is 18.2 Å². The molecule has 0 aliphatic carbocycles. The van der Waals surface area contributed by atoms with Gasteiger partial charge in [0, 0.05) is 36.2 Å². The van der Waals surface area contributed by atoms with Gasteiger partial charge in [-0.25, -0.2) is 8.42 Å². The highest BCUT2D eigenvalue weighted by molar-refractivity contribution is 7.99. The van der Waals surface area contributed by atoms with Crippen molar-refractivity contribution < 1.29 is 13.3 Å². The van der Waals surface area contributed by atoms with Crippen LogP contribution in [0.15, 0.2) is 53.4 Å². The van der Waals surface area contributed by atoms with E-state index < -0.39 is 14.9 Å². The summed E-state index contributed by atoms with van der Waals surface area (Å²) in [5, 5.41) is 11.3. The number of non-ortho nitro benzene ring substituents is 1. The van der Waals surface area contributed by atoms with Gasteiger partial charge in [0.1, 0.15) is 0 Å². The zero-order valence-electron chi connectivity index (χ0n) is 14.4. The van der Waals surface area contributed by atoms with Crippen molar-refractivity contribution in [1.82, 2.24) is 4.31 Å². The predicted molar refractivity (Wildman–Crippen MR) is 103 cm³/mol. The lowest BCUT2D eigenvalue weighted by atomic mass is 10.1. The van der Waals surface area contributed by atoms with Crippen LogP contribution in [0.4, 0.5) is 5.69 Å². The van der Waals surface area contributed by atoms with Gasteiger partial charge >= 0.3 is 0 Å². The van der Waals surface area contributed by atoms with Gasteiger partial charge in [-0.3, -0.25) is 10.1 Å². The lowest BCUT2D eigenvalue weighted by molar-refractivity contribution is -0.385. The number of aryl methyl sites for hydroxylation is 1. The van der Waals surface area contributed by atoms with E-state index in [1.165, 1.54) is 22.0 Å². The van der Waals surface area contributed by atoms with Gasteiger partial charge < -0.3 is 0 Å². The van der Waals surface area contributed by atoms with Crippen LogP contribution in [0.3, 0.4) is 0 Å². The van der Waals surface area contributed by atoms with Crippen LogP contribution in [0, 0.1) is 17.0 Å². The minimum absolute atomic E-state index is 0.0230. The highest BCUT2D eigenvalue weighted by Crippen LogP contribution is 2.36. The van der Waals surface area contributed by atoms with E-state index in [1.54, 1.807) is 18.7 Å². The Bertz CT molecular complexity index is 901. The molecule has 0 N–H and O–H groups in total. The molecule has 0 radical (unpaired) electrons. The van der Waals surface area contributed by atoms with E-state index in [4.69, 9.17) is 0 Å². The van der Waals surface area contributed by atoms with Crippen molar-refractivity contribution >= 4 is 27.5 Å². The maximum absolute atomic E-state index is 13.1. The molecule has 0 amide bonds. The molecule has 0 spiro atoms. The summed E-state index contributed by atoms with van der Waals surface area (Å²) in [7, 11) is -3.76. The molecular weight excluding hydrogens is 372 g/mol. The van der Waals surface area contributed by atoms with Crippen LogP contribution in [-0.4, -0.2) is 36.5 Å². The number of benzene rings is 2. The van der Waals surface area contributed by atoms with Gasteiger partial charge in [0.15, 0.2) is 0 Å². The van der Waals surface area contributed by atoms with E-state index in [-0.39, 0.29) is 15.8 Å². The van der Waals surface area contributed by atoms with Crippen molar-refractivity contribution in [2.75, 3.05) is 18.8 Å². The van der Waals surface area contributed by atoms with Gasteiger partial charge in [0.2, 0.25) is 10.0 Å². The van der Waals surface area contributed by atoms with Crippen molar-refractivity contribution in [3.8, 4) is 0 Å². The molecule has 1 unspecified atom stereocenters. The van der Waals surface area contributed by atoms with Crippen molar-refractivity contribution in [3.63, 3.8) is 0 Å². The first-order valence-electron chi connectivity index (χ1n) is 8.31. The second-order valence-corrected chi connectivity index (χ2v) is 9.39. The second kappa shape index (κ2) is 7.77. The van der Waals surface area contributed by atoms with Crippen LogP contribution in [0.25, 0.3) is 0 Å². The van der Waals surface area contributed by atoms with Crippen molar-refractivity contribution in [3.05, 3.63) is 69.8 Å². The van der Waals surface area contributed by atoms with Gasteiger partial charge in [-0.05, 0) is 24.5 Å². The molecule has 8 heteroatoms. The Morgan fingerprint density at radius 3 is 2.58 bits per heavy atom. The third-order valence-electron chi connectivity index (χ3n) is 4.47. The molecule has 0 bridgehead atoms. The Hall–Kier alpha value is -1.90. The molecule has 138 valence electrons. The minimum Gasteiger partial charge on any atom is -0.258 e. The molecule has 0 aromatic heterocycles. The smallest absolute Gasteiger partial charge is 0.258 e. The average molecular weight is 393 g/mol. The summed E-state index contributed by atoms with van der Waals surface area (Å²) >= 11 is 1.75. The monoisotopic (exact) mass is 392 g/mol. The van der Waals surface area contributed by atoms with Crippen LogP contribution in [0.2, 0.25) is 0 Å². The van der Waals surface area contributed by atoms with Crippen molar-refractivity contribution in [1.29, 1.82) is 0 Å². The predicted octanol–water partition coefficient (Wildman–Crippen LogP) is 3.77. The molecule has 6 nitrogen and oxygen atoms in total. The highest BCUT2D eigenvalue weighted by Gasteiger charge is 2.30. The van der Waals surface area contributed by atoms with Gasteiger partial charge in [0.25, 0.3) is 5.69 Å². The SMILES string of the molecule is Cc1ccc([N+](=O)[O-])cc1S(=O)(=O)N1CCSC(c2ccccc2)CC1. The Morgan fingerprint density at radius 1 is 1.15 bits per heavy atom. The second-order valence-electron chi connectivity index (χ2n) is 6.17. The first-order chi connectivity index (χ1) is 12.4. The fraction of sp³-hybridized carbons (Fsp3) is 0.333. The lowest BCUT2D eigenvalue weighted by Gasteiger charge is -2.21. The van der Waals surface area contributed by atoms with Crippen molar-refractivity contribution in [2.45, 2.75) is 23.5 Å². The summed E-state index contributed by atoms with van der Waals surface area (Å²) in [6.45, 7) is 2.46. The Balaban J connectivity index is 1.84. The van der Waals surface area contributed by atoms with E-state index in [0.717, 1.165) is 6.07 Å². The molecule has 2 aromatic carbocycles. The summed E-state index contributed by atoms with van der Waals surface area (Å²) in [5.74, 6) is 0.687. The Labute approximate surface area is 157 Å². The fourth-order valence-corrected chi connectivity index (χ4v) is 6.09. The molecule has 1 saturated heterocycles.